The first kappa shape index (κ1) is 9.27. The number of aryl methyl sites for hydroxylation is 3. The van der Waals surface area contributed by atoms with Crippen molar-refractivity contribution in [1.82, 2.24) is 9.66 Å². The summed E-state index contributed by atoms with van der Waals surface area (Å²) in [6.07, 6.45) is 1.84. The second-order valence-corrected chi connectivity index (χ2v) is 4.90. The van der Waals surface area contributed by atoms with Crippen LogP contribution in [0.2, 0.25) is 0 Å². The Morgan fingerprint density at radius 1 is 1.36 bits per heavy atom. The largest absolute Gasteiger partial charge is 0.338 e. The van der Waals surface area contributed by atoms with Crippen LogP contribution in [-0.2, 0) is 0 Å². The molecule has 2 N–H and O–H groups in total. The molecule has 0 aliphatic carbocycles. The molecular formula is C10H13N3S. The number of nitrogens with two attached hydrogens (primary N) is 1. The molecule has 3 nitrogen and oxygen atoms in total. The van der Waals surface area contributed by atoms with Crippen LogP contribution >= 0.6 is 11.3 Å². The second-order valence-electron chi connectivity index (χ2n) is 3.44. The molecule has 0 aromatic carbocycles. The molecule has 0 spiro atoms. The van der Waals surface area contributed by atoms with E-state index in [0.29, 0.717) is 0 Å². The molecule has 0 atom stereocenters. The number of hydrogen-bond donors (Lipinski definition) is 1. The lowest BCUT2D eigenvalue weighted by Crippen LogP contribution is -2.08. The number of imidazole rings is 1. The fourth-order valence-electron chi connectivity index (χ4n) is 1.57. The van der Waals surface area contributed by atoms with Crippen molar-refractivity contribution < 1.29 is 0 Å². The molecule has 0 fully saturated rings. The van der Waals surface area contributed by atoms with Crippen LogP contribution in [0.4, 0.5) is 0 Å². The van der Waals surface area contributed by atoms with Gasteiger partial charge in [-0.3, -0.25) is 4.68 Å². The van der Waals surface area contributed by atoms with Gasteiger partial charge in [-0.2, -0.15) is 0 Å². The molecule has 4 heteroatoms. The third-order valence-electron chi connectivity index (χ3n) is 2.13. The number of aromatic nitrogens is 2. The van der Waals surface area contributed by atoms with Crippen molar-refractivity contribution in [3.8, 4) is 11.4 Å². The molecule has 0 aliphatic heterocycles. The predicted octanol–water partition coefficient (Wildman–Crippen LogP) is 2.25. The van der Waals surface area contributed by atoms with Crippen molar-refractivity contribution >= 4 is 11.3 Å². The maximum absolute atomic E-state index is 5.81. The Hall–Kier alpha value is -1.29. The molecule has 0 bridgehead atoms. The van der Waals surface area contributed by atoms with Crippen molar-refractivity contribution in [3.63, 3.8) is 0 Å². The van der Waals surface area contributed by atoms with Gasteiger partial charge in [0.1, 0.15) is 0 Å². The molecule has 2 rings (SSSR count). The zero-order valence-corrected chi connectivity index (χ0v) is 9.35. The zero-order chi connectivity index (χ0) is 10.3. The minimum Gasteiger partial charge on any atom is -0.338 e. The number of nitrogen functional groups attached to an aromatic ring is 1. The van der Waals surface area contributed by atoms with Crippen LogP contribution in [0, 0.1) is 20.8 Å². The molecule has 0 saturated heterocycles. The summed E-state index contributed by atoms with van der Waals surface area (Å²) in [5.41, 5.74) is 2.09. The summed E-state index contributed by atoms with van der Waals surface area (Å²) in [6, 6.07) is 2.13. The molecule has 0 saturated carbocycles. The summed E-state index contributed by atoms with van der Waals surface area (Å²) in [6.45, 7) is 6.14. The van der Waals surface area contributed by atoms with Crippen molar-refractivity contribution in [2.24, 2.45) is 0 Å². The van der Waals surface area contributed by atoms with Gasteiger partial charge in [0.15, 0.2) is 5.82 Å². The second kappa shape index (κ2) is 3.13. The Labute approximate surface area is 87.2 Å². The van der Waals surface area contributed by atoms with Gasteiger partial charge in [0.05, 0.1) is 5.69 Å². The zero-order valence-electron chi connectivity index (χ0n) is 8.53. The SMILES string of the molecule is Cc1cn(N)c(-c2cc(C)sc2C)n1. The van der Waals surface area contributed by atoms with Crippen molar-refractivity contribution in [2.75, 3.05) is 5.84 Å². The van der Waals surface area contributed by atoms with E-state index in [4.69, 9.17) is 5.84 Å². The van der Waals surface area contributed by atoms with Gasteiger partial charge >= 0.3 is 0 Å². The molecule has 74 valence electrons. The summed E-state index contributed by atoms with van der Waals surface area (Å²) in [4.78, 5) is 6.95. The smallest absolute Gasteiger partial charge is 0.159 e. The third kappa shape index (κ3) is 1.42. The van der Waals surface area contributed by atoms with Crippen LogP contribution in [0.1, 0.15) is 15.4 Å². The van der Waals surface area contributed by atoms with E-state index < -0.39 is 0 Å². The average molecular weight is 207 g/mol. The van der Waals surface area contributed by atoms with Gasteiger partial charge in [-0.1, -0.05) is 0 Å². The molecule has 2 heterocycles. The summed E-state index contributed by atoms with van der Waals surface area (Å²) in [7, 11) is 0. The van der Waals surface area contributed by atoms with E-state index in [1.54, 1.807) is 16.0 Å². The Balaban J connectivity index is 2.59. The summed E-state index contributed by atoms with van der Waals surface area (Å²) < 4.78 is 1.59. The van der Waals surface area contributed by atoms with E-state index in [2.05, 4.69) is 24.9 Å². The molecule has 0 unspecified atom stereocenters. The fraction of sp³-hybridized carbons (Fsp3) is 0.300. The Morgan fingerprint density at radius 2 is 2.07 bits per heavy atom. The lowest BCUT2D eigenvalue weighted by Gasteiger charge is -1.98. The standard InChI is InChI=1S/C10H13N3S/c1-6-5-13(11)10(12-6)9-4-7(2)14-8(9)3/h4-5H,11H2,1-3H3. The monoisotopic (exact) mass is 207 g/mol. The van der Waals surface area contributed by atoms with E-state index in [1.165, 1.54) is 9.75 Å². The van der Waals surface area contributed by atoms with Crippen molar-refractivity contribution in [3.05, 3.63) is 27.7 Å². The molecule has 14 heavy (non-hydrogen) atoms. The topological polar surface area (TPSA) is 43.8 Å². The maximum Gasteiger partial charge on any atom is 0.159 e. The molecular weight excluding hydrogens is 194 g/mol. The van der Waals surface area contributed by atoms with Crippen LogP contribution in [-0.4, -0.2) is 9.66 Å². The van der Waals surface area contributed by atoms with Gasteiger partial charge in [0, 0.05) is 21.5 Å². The van der Waals surface area contributed by atoms with Crippen LogP contribution in [0.3, 0.4) is 0 Å². The molecule has 2 aromatic heterocycles. The fourth-order valence-corrected chi connectivity index (χ4v) is 2.49. The van der Waals surface area contributed by atoms with E-state index >= 15 is 0 Å². The van der Waals surface area contributed by atoms with Gasteiger partial charge in [-0.25, -0.2) is 4.98 Å². The highest BCUT2D eigenvalue weighted by atomic mass is 32.1. The van der Waals surface area contributed by atoms with Gasteiger partial charge in [-0.15, -0.1) is 11.3 Å². The predicted molar refractivity (Wildman–Crippen MR) is 59.9 cm³/mol. The highest BCUT2D eigenvalue weighted by molar-refractivity contribution is 7.12. The Bertz CT molecular complexity index is 423. The summed E-state index contributed by atoms with van der Waals surface area (Å²) in [5.74, 6) is 6.66. The first-order chi connectivity index (χ1) is 6.58. The molecule has 2 aromatic rings. The minimum atomic E-state index is 0.851. The Kier molecular flexibility index (Phi) is 2.07. The van der Waals surface area contributed by atoms with E-state index in [0.717, 1.165) is 17.1 Å². The van der Waals surface area contributed by atoms with E-state index in [1.807, 2.05) is 13.1 Å². The van der Waals surface area contributed by atoms with Gasteiger partial charge < -0.3 is 5.84 Å². The molecule has 0 amide bonds. The summed E-state index contributed by atoms with van der Waals surface area (Å²) >= 11 is 1.77. The lowest BCUT2D eigenvalue weighted by molar-refractivity contribution is 1.01. The van der Waals surface area contributed by atoms with Crippen LogP contribution in [0.15, 0.2) is 12.3 Å². The summed E-state index contributed by atoms with van der Waals surface area (Å²) in [5, 5.41) is 0. The van der Waals surface area contributed by atoms with Gasteiger partial charge in [-0.05, 0) is 26.8 Å². The number of hydrogen-bond acceptors (Lipinski definition) is 3. The Morgan fingerprint density at radius 3 is 2.50 bits per heavy atom. The van der Waals surface area contributed by atoms with E-state index in [9.17, 15) is 0 Å². The van der Waals surface area contributed by atoms with Crippen molar-refractivity contribution in [1.29, 1.82) is 0 Å². The highest BCUT2D eigenvalue weighted by Gasteiger charge is 2.11. The van der Waals surface area contributed by atoms with Crippen LogP contribution in [0.5, 0.6) is 0 Å². The maximum atomic E-state index is 5.81. The first-order valence-electron chi connectivity index (χ1n) is 4.46. The lowest BCUT2D eigenvalue weighted by atomic mass is 10.2. The van der Waals surface area contributed by atoms with Gasteiger partial charge in [0.2, 0.25) is 0 Å². The van der Waals surface area contributed by atoms with Crippen LogP contribution in [0.25, 0.3) is 11.4 Å². The highest BCUT2D eigenvalue weighted by Crippen LogP contribution is 2.29. The van der Waals surface area contributed by atoms with Gasteiger partial charge in [0.25, 0.3) is 0 Å². The first-order valence-corrected chi connectivity index (χ1v) is 5.28. The van der Waals surface area contributed by atoms with E-state index in [-0.39, 0.29) is 0 Å². The number of nitrogens with zero attached hydrogens (tertiary/aromatic N) is 2. The normalized spacial score (nSPS) is 10.8. The van der Waals surface area contributed by atoms with Crippen LogP contribution < -0.4 is 5.84 Å². The average Bonchev–Trinajstić information content (AvgIpc) is 2.55. The number of thiophene rings is 1. The third-order valence-corrected chi connectivity index (χ3v) is 3.10. The quantitative estimate of drug-likeness (QED) is 0.729. The number of rotatable bonds is 1. The molecule has 0 radical (unpaired) electrons. The van der Waals surface area contributed by atoms with Crippen molar-refractivity contribution in [2.45, 2.75) is 20.8 Å². The molecule has 0 aliphatic rings. The minimum absolute atomic E-state index is 0.851.